The smallest absolute Gasteiger partial charge is 0.187 e. The summed E-state index contributed by atoms with van der Waals surface area (Å²) >= 11 is 7.49. The summed E-state index contributed by atoms with van der Waals surface area (Å²) in [4.78, 5) is 8.75. The van der Waals surface area contributed by atoms with Crippen molar-refractivity contribution in [3.63, 3.8) is 0 Å². The molecule has 0 aliphatic carbocycles. The van der Waals surface area contributed by atoms with Crippen molar-refractivity contribution in [3.05, 3.63) is 52.8 Å². The predicted molar refractivity (Wildman–Crippen MR) is 85.0 cm³/mol. The Bertz CT molecular complexity index is 514. The Kier molecular flexibility index (Phi) is 6.30. The fourth-order valence-electron chi connectivity index (χ4n) is 1.65. The zero-order valence-electron chi connectivity index (χ0n) is 11.5. The van der Waals surface area contributed by atoms with Gasteiger partial charge in [-0.05, 0) is 30.7 Å². The molecule has 0 radical (unpaired) electrons. The molecule has 0 spiro atoms. The van der Waals surface area contributed by atoms with Gasteiger partial charge in [-0.15, -0.1) is 0 Å². The maximum atomic E-state index is 5.86. The number of hydrogen-bond acceptors (Lipinski definition) is 4. The van der Waals surface area contributed by atoms with E-state index < -0.39 is 0 Å². The lowest BCUT2D eigenvalue weighted by atomic mass is 10.2. The Balaban J connectivity index is 1.82. The summed E-state index contributed by atoms with van der Waals surface area (Å²) in [6.07, 6.45) is 4.91. The molecule has 1 N–H and O–H groups in total. The Morgan fingerprint density at radius 1 is 1.10 bits per heavy atom. The van der Waals surface area contributed by atoms with Crippen molar-refractivity contribution in [3.8, 4) is 0 Å². The van der Waals surface area contributed by atoms with Crippen LogP contribution in [0, 0.1) is 0 Å². The summed E-state index contributed by atoms with van der Waals surface area (Å²) in [5.41, 5.74) is 2.34. The van der Waals surface area contributed by atoms with Crippen LogP contribution in [0.4, 0.5) is 0 Å². The van der Waals surface area contributed by atoms with Crippen molar-refractivity contribution in [2.24, 2.45) is 0 Å². The number of rotatable bonds is 7. The highest BCUT2D eigenvalue weighted by atomic mass is 35.5. The lowest BCUT2D eigenvalue weighted by Gasteiger charge is -2.04. The molecule has 2 rings (SSSR count). The number of benzene rings is 1. The zero-order chi connectivity index (χ0) is 14.2. The highest BCUT2D eigenvalue weighted by Crippen LogP contribution is 2.20. The van der Waals surface area contributed by atoms with Crippen LogP contribution >= 0.6 is 23.4 Å². The molecule has 1 heterocycles. The summed E-state index contributed by atoms with van der Waals surface area (Å²) in [7, 11) is 0. The molecule has 106 valence electrons. The first-order chi connectivity index (χ1) is 9.78. The molecule has 0 bridgehead atoms. The summed E-state index contributed by atoms with van der Waals surface area (Å²) in [6, 6.07) is 7.86. The lowest BCUT2D eigenvalue weighted by molar-refractivity contribution is 0.669. The van der Waals surface area contributed by atoms with Gasteiger partial charge >= 0.3 is 0 Å². The number of nitrogens with one attached hydrogen (secondary N) is 1. The fraction of sp³-hybridized carbons (Fsp3) is 0.333. The molecule has 0 atom stereocenters. The van der Waals surface area contributed by atoms with Gasteiger partial charge in [-0.25, -0.2) is 9.97 Å². The SMILES string of the molecule is CCCNCc1cnc(SCc2ccc(Cl)cc2)nc1. The largest absolute Gasteiger partial charge is 0.313 e. The van der Waals surface area contributed by atoms with Crippen LogP contribution in [0.2, 0.25) is 5.02 Å². The van der Waals surface area contributed by atoms with E-state index in [9.17, 15) is 0 Å². The van der Waals surface area contributed by atoms with Crippen LogP contribution < -0.4 is 5.32 Å². The van der Waals surface area contributed by atoms with E-state index in [4.69, 9.17) is 11.6 Å². The summed E-state index contributed by atoms with van der Waals surface area (Å²) < 4.78 is 0. The third-order valence-electron chi connectivity index (χ3n) is 2.72. The van der Waals surface area contributed by atoms with Crippen molar-refractivity contribution in [2.45, 2.75) is 30.8 Å². The molecule has 1 aromatic heterocycles. The van der Waals surface area contributed by atoms with Crippen LogP contribution in [0.15, 0.2) is 41.8 Å². The third-order valence-corrected chi connectivity index (χ3v) is 3.92. The summed E-state index contributed by atoms with van der Waals surface area (Å²) in [5, 5.41) is 4.90. The second-order valence-corrected chi connectivity index (χ2v) is 5.84. The molecule has 0 aliphatic heterocycles. The molecular weight excluding hydrogens is 290 g/mol. The highest BCUT2D eigenvalue weighted by Gasteiger charge is 2.00. The van der Waals surface area contributed by atoms with Gasteiger partial charge in [-0.3, -0.25) is 0 Å². The molecule has 2 aromatic rings. The highest BCUT2D eigenvalue weighted by molar-refractivity contribution is 7.98. The first kappa shape index (κ1) is 15.3. The molecule has 0 unspecified atom stereocenters. The minimum atomic E-state index is 0.763. The molecule has 5 heteroatoms. The Morgan fingerprint density at radius 2 is 1.80 bits per heavy atom. The summed E-state index contributed by atoms with van der Waals surface area (Å²) in [6.45, 7) is 4.00. The molecule has 3 nitrogen and oxygen atoms in total. The standard InChI is InChI=1S/C15H18ClN3S/c1-2-7-17-8-13-9-18-15(19-10-13)20-11-12-3-5-14(16)6-4-12/h3-6,9-10,17H,2,7-8,11H2,1H3. The Morgan fingerprint density at radius 3 is 2.45 bits per heavy atom. The quantitative estimate of drug-likeness (QED) is 0.478. The van der Waals surface area contributed by atoms with Gasteiger partial charge in [-0.2, -0.15) is 0 Å². The van der Waals surface area contributed by atoms with Gasteiger partial charge in [0.15, 0.2) is 5.16 Å². The van der Waals surface area contributed by atoms with Crippen molar-refractivity contribution < 1.29 is 0 Å². The van der Waals surface area contributed by atoms with E-state index in [2.05, 4.69) is 22.2 Å². The zero-order valence-corrected chi connectivity index (χ0v) is 13.0. The molecule has 0 aliphatic rings. The average molecular weight is 308 g/mol. The normalized spacial score (nSPS) is 10.7. The predicted octanol–water partition coefficient (Wildman–Crippen LogP) is 3.92. The molecule has 0 saturated carbocycles. The van der Waals surface area contributed by atoms with Crippen LogP contribution in [0.25, 0.3) is 0 Å². The van der Waals surface area contributed by atoms with Crippen molar-refractivity contribution in [2.75, 3.05) is 6.54 Å². The van der Waals surface area contributed by atoms with Gasteiger partial charge in [0.2, 0.25) is 0 Å². The van der Waals surface area contributed by atoms with E-state index in [1.807, 2.05) is 36.7 Å². The maximum absolute atomic E-state index is 5.86. The van der Waals surface area contributed by atoms with Gasteiger partial charge in [0.1, 0.15) is 0 Å². The number of hydrogen-bond donors (Lipinski definition) is 1. The lowest BCUT2D eigenvalue weighted by Crippen LogP contribution is -2.14. The summed E-state index contributed by atoms with van der Waals surface area (Å²) in [5.74, 6) is 0.852. The van der Waals surface area contributed by atoms with Crippen molar-refractivity contribution in [1.82, 2.24) is 15.3 Å². The topological polar surface area (TPSA) is 37.8 Å². The molecule has 0 amide bonds. The van der Waals surface area contributed by atoms with E-state index in [1.165, 1.54) is 5.56 Å². The average Bonchev–Trinajstić information content (AvgIpc) is 2.48. The Labute approximate surface area is 129 Å². The fourth-order valence-corrected chi connectivity index (χ4v) is 2.52. The molecule has 0 fully saturated rings. The van der Waals surface area contributed by atoms with Crippen LogP contribution in [-0.2, 0) is 12.3 Å². The van der Waals surface area contributed by atoms with Gasteiger partial charge in [0, 0.05) is 35.3 Å². The minimum Gasteiger partial charge on any atom is -0.313 e. The first-order valence-electron chi connectivity index (χ1n) is 6.67. The number of thioether (sulfide) groups is 1. The molecule has 20 heavy (non-hydrogen) atoms. The third kappa shape index (κ3) is 5.12. The van der Waals surface area contributed by atoms with Gasteiger partial charge < -0.3 is 5.32 Å². The maximum Gasteiger partial charge on any atom is 0.187 e. The monoisotopic (exact) mass is 307 g/mol. The van der Waals surface area contributed by atoms with E-state index in [1.54, 1.807) is 11.8 Å². The van der Waals surface area contributed by atoms with E-state index in [0.717, 1.165) is 41.0 Å². The van der Waals surface area contributed by atoms with Crippen molar-refractivity contribution >= 4 is 23.4 Å². The van der Waals surface area contributed by atoms with E-state index in [0.29, 0.717) is 0 Å². The van der Waals surface area contributed by atoms with Gasteiger partial charge in [-0.1, -0.05) is 42.4 Å². The number of nitrogens with zero attached hydrogens (tertiary/aromatic N) is 2. The molecule has 0 saturated heterocycles. The van der Waals surface area contributed by atoms with Crippen LogP contribution in [0.3, 0.4) is 0 Å². The second kappa shape index (κ2) is 8.25. The first-order valence-corrected chi connectivity index (χ1v) is 8.03. The number of aromatic nitrogens is 2. The van der Waals surface area contributed by atoms with Crippen molar-refractivity contribution in [1.29, 1.82) is 0 Å². The molecule has 1 aromatic carbocycles. The van der Waals surface area contributed by atoms with Crippen LogP contribution in [0.1, 0.15) is 24.5 Å². The minimum absolute atomic E-state index is 0.763. The van der Waals surface area contributed by atoms with E-state index >= 15 is 0 Å². The van der Waals surface area contributed by atoms with Crippen LogP contribution in [-0.4, -0.2) is 16.5 Å². The van der Waals surface area contributed by atoms with Crippen LogP contribution in [0.5, 0.6) is 0 Å². The van der Waals surface area contributed by atoms with E-state index in [-0.39, 0.29) is 0 Å². The van der Waals surface area contributed by atoms with Gasteiger partial charge in [0.05, 0.1) is 0 Å². The second-order valence-electron chi connectivity index (χ2n) is 4.47. The van der Waals surface area contributed by atoms with Gasteiger partial charge in [0.25, 0.3) is 0 Å². The number of halogens is 1. The Hall–Kier alpha value is -1.10. The molecular formula is C15H18ClN3S.